The summed E-state index contributed by atoms with van der Waals surface area (Å²) in [6.07, 6.45) is 3.87. The minimum absolute atomic E-state index is 0.647. The number of rotatable bonds is 2. The molecule has 0 saturated heterocycles. The molecule has 15 heavy (non-hydrogen) atoms. The van der Waals surface area contributed by atoms with Crippen LogP contribution >= 0.6 is 23.4 Å². The van der Waals surface area contributed by atoms with Crippen LogP contribution in [0.1, 0.15) is 18.4 Å². The van der Waals surface area contributed by atoms with E-state index in [-0.39, 0.29) is 0 Å². The summed E-state index contributed by atoms with van der Waals surface area (Å²) in [6.45, 7) is 0. The normalized spacial score (nSPS) is 25.0. The summed E-state index contributed by atoms with van der Waals surface area (Å²) in [6, 6.07) is 7.70. The van der Waals surface area contributed by atoms with Gasteiger partial charge in [0, 0.05) is 22.7 Å². The van der Waals surface area contributed by atoms with E-state index in [2.05, 4.69) is 17.4 Å². The van der Waals surface area contributed by atoms with E-state index in [9.17, 15) is 0 Å². The predicted molar refractivity (Wildman–Crippen MR) is 65.8 cm³/mol. The maximum Gasteiger partial charge on any atom is 0.0544 e. The first-order valence-corrected chi connectivity index (χ1v) is 6.85. The van der Waals surface area contributed by atoms with Crippen LogP contribution in [-0.4, -0.2) is 17.8 Å². The number of hydrogen-bond acceptors (Lipinski definition) is 2. The van der Waals surface area contributed by atoms with Gasteiger partial charge in [-0.3, -0.25) is 0 Å². The van der Waals surface area contributed by atoms with Gasteiger partial charge in [-0.05, 0) is 30.9 Å². The van der Waals surface area contributed by atoms with Crippen molar-refractivity contribution in [3.8, 4) is 0 Å². The Morgan fingerprint density at radius 2 is 2.13 bits per heavy atom. The standard InChI is InChI=1S/C12H14ClNS/c13-11-3-1-2-8-6-10(7-15-12(8)11)14-9-4-5-9/h1-3,9-10,14H,4-7H2. The molecule has 2 aliphatic rings. The van der Waals surface area contributed by atoms with Gasteiger partial charge in [0.2, 0.25) is 0 Å². The van der Waals surface area contributed by atoms with Crippen LogP contribution in [-0.2, 0) is 6.42 Å². The molecule has 1 aromatic rings. The van der Waals surface area contributed by atoms with Crippen molar-refractivity contribution in [2.45, 2.75) is 36.2 Å². The first kappa shape index (κ1) is 10.0. The summed E-state index contributed by atoms with van der Waals surface area (Å²) in [5.41, 5.74) is 1.41. The van der Waals surface area contributed by atoms with Crippen molar-refractivity contribution in [2.75, 3.05) is 5.75 Å². The first-order valence-electron chi connectivity index (χ1n) is 5.49. The third-order valence-corrected chi connectivity index (χ3v) is 4.76. The molecule has 1 atom stereocenters. The smallest absolute Gasteiger partial charge is 0.0544 e. The fourth-order valence-corrected chi connectivity index (χ4v) is 3.56. The molecule has 1 aliphatic heterocycles. The van der Waals surface area contributed by atoms with Crippen molar-refractivity contribution in [3.63, 3.8) is 0 Å². The minimum Gasteiger partial charge on any atom is -0.310 e. The van der Waals surface area contributed by atoms with Crippen molar-refractivity contribution in [1.82, 2.24) is 5.32 Å². The van der Waals surface area contributed by atoms with E-state index in [0.29, 0.717) is 6.04 Å². The molecule has 0 amide bonds. The lowest BCUT2D eigenvalue weighted by molar-refractivity contribution is 0.541. The van der Waals surface area contributed by atoms with Gasteiger partial charge in [-0.2, -0.15) is 0 Å². The zero-order valence-corrected chi connectivity index (χ0v) is 10.1. The molecule has 3 heteroatoms. The molecule has 1 unspecified atom stereocenters. The average Bonchev–Trinajstić information content (AvgIpc) is 3.02. The second kappa shape index (κ2) is 4.00. The maximum atomic E-state index is 6.17. The van der Waals surface area contributed by atoms with Gasteiger partial charge in [0.25, 0.3) is 0 Å². The predicted octanol–water partition coefficient (Wildman–Crippen LogP) is 3.11. The van der Waals surface area contributed by atoms with Crippen LogP contribution in [0.15, 0.2) is 23.1 Å². The molecule has 0 aromatic heterocycles. The number of thioether (sulfide) groups is 1. The topological polar surface area (TPSA) is 12.0 Å². The van der Waals surface area contributed by atoms with Gasteiger partial charge < -0.3 is 5.32 Å². The zero-order valence-electron chi connectivity index (χ0n) is 8.50. The van der Waals surface area contributed by atoms with E-state index in [1.165, 1.54) is 23.3 Å². The lowest BCUT2D eigenvalue weighted by atomic mass is 10.1. The molecule has 1 aliphatic carbocycles. The second-order valence-electron chi connectivity index (χ2n) is 4.38. The summed E-state index contributed by atoms with van der Waals surface area (Å²) >= 11 is 8.07. The number of fused-ring (bicyclic) bond motifs is 1. The van der Waals surface area contributed by atoms with Crippen LogP contribution in [0.3, 0.4) is 0 Å². The van der Waals surface area contributed by atoms with Crippen LogP contribution in [0.25, 0.3) is 0 Å². The van der Waals surface area contributed by atoms with E-state index in [1.807, 2.05) is 17.8 Å². The first-order chi connectivity index (χ1) is 7.33. The Bertz CT molecular complexity index is 376. The Kier molecular flexibility index (Phi) is 2.67. The van der Waals surface area contributed by atoms with E-state index < -0.39 is 0 Å². The second-order valence-corrected chi connectivity index (χ2v) is 5.82. The lowest BCUT2D eigenvalue weighted by Crippen LogP contribution is -2.36. The maximum absolute atomic E-state index is 6.17. The van der Waals surface area contributed by atoms with Crippen LogP contribution in [0.4, 0.5) is 0 Å². The molecule has 1 heterocycles. The third kappa shape index (κ3) is 2.17. The van der Waals surface area contributed by atoms with Gasteiger partial charge in [0.1, 0.15) is 0 Å². The SMILES string of the molecule is Clc1cccc2c1SCC(NC1CC1)C2. The average molecular weight is 240 g/mol. The van der Waals surface area contributed by atoms with Crippen LogP contribution in [0.5, 0.6) is 0 Å². The largest absolute Gasteiger partial charge is 0.310 e. The molecule has 1 aromatic carbocycles. The highest BCUT2D eigenvalue weighted by Crippen LogP contribution is 2.36. The van der Waals surface area contributed by atoms with E-state index in [0.717, 1.165) is 23.2 Å². The van der Waals surface area contributed by atoms with Crippen LogP contribution in [0, 0.1) is 0 Å². The molecular weight excluding hydrogens is 226 g/mol. The summed E-state index contributed by atoms with van der Waals surface area (Å²) in [5.74, 6) is 1.16. The van der Waals surface area contributed by atoms with Crippen molar-refractivity contribution in [2.24, 2.45) is 0 Å². The van der Waals surface area contributed by atoms with Crippen molar-refractivity contribution in [1.29, 1.82) is 0 Å². The molecule has 80 valence electrons. The number of nitrogens with one attached hydrogen (secondary N) is 1. The Morgan fingerprint density at radius 1 is 1.27 bits per heavy atom. The van der Waals surface area contributed by atoms with Crippen molar-refractivity contribution < 1.29 is 0 Å². The molecule has 1 N–H and O–H groups in total. The monoisotopic (exact) mass is 239 g/mol. The Morgan fingerprint density at radius 3 is 2.93 bits per heavy atom. The van der Waals surface area contributed by atoms with Crippen LogP contribution in [0.2, 0.25) is 5.02 Å². The molecule has 0 spiro atoms. The highest BCUT2D eigenvalue weighted by atomic mass is 35.5. The van der Waals surface area contributed by atoms with E-state index in [4.69, 9.17) is 11.6 Å². The van der Waals surface area contributed by atoms with Crippen molar-refractivity contribution >= 4 is 23.4 Å². The summed E-state index contributed by atoms with van der Waals surface area (Å²) in [7, 11) is 0. The summed E-state index contributed by atoms with van der Waals surface area (Å²) < 4.78 is 0. The fraction of sp³-hybridized carbons (Fsp3) is 0.500. The Hall–Kier alpha value is -0.180. The molecule has 0 bridgehead atoms. The molecule has 0 radical (unpaired) electrons. The fourth-order valence-electron chi connectivity index (χ4n) is 2.07. The summed E-state index contributed by atoms with van der Waals surface area (Å²) in [4.78, 5) is 1.30. The van der Waals surface area contributed by atoms with Gasteiger partial charge in [0.15, 0.2) is 0 Å². The molecule has 1 nitrogen and oxygen atoms in total. The highest BCUT2D eigenvalue weighted by molar-refractivity contribution is 7.99. The molecule has 1 saturated carbocycles. The van der Waals surface area contributed by atoms with Gasteiger partial charge >= 0.3 is 0 Å². The summed E-state index contributed by atoms with van der Waals surface area (Å²) in [5, 5.41) is 4.61. The van der Waals surface area contributed by atoms with E-state index in [1.54, 1.807) is 0 Å². The van der Waals surface area contributed by atoms with Crippen LogP contribution < -0.4 is 5.32 Å². The zero-order chi connectivity index (χ0) is 10.3. The number of hydrogen-bond donors (Lipinski definition) is 1. The number of halogens is 1. The molecular formula is C12H14ClNS. The van der Waals surface area contributed by atoms with Crippen molar-refractivity contribution in [3.05, 3.63) is 28.8 Å². The quantitative estimate of drug-likeness (QED) is 0.851. The minimum atomic E-state index is 0.647. The van der Waals surface area contributed by atoms with E-state index >= 15 is 0 Å². The Labute approximate surface area is 99.6 Å². The highest BCUT2D eigenvalue weighted by Gasteiger charge is 2.27. The number of benzene rings is 1. The third-order valence-electron chi connectivity index (χ3n) is 2.99. The Balaban J connectivity index is 1.77. The molecule has 1 fully saturated rings. The lowest BCUT2D eigenvalue weighted by Gasteiger charge is -2.25. The van der Waals surface area contributed by atoms with Gasteiger partial charge in [0.05, 0.1) is 5.02 Å². The van der Waals surface area contributed by atoms with Gasteiger partial charge in [-0.25, -0.2) is 0 Å². The van der Waals surface area contributed by atoms with Gasteiger partial charge in [-0.1, -0.05) is 23.7 Å². The van der Waals surface area contributed by atoms with Gasteiger partial charge in [-0.15, -0.1) is 11.8 Å². The molecule has 3 rings (SSSR count).